The van der Waals surface area contributed by atoms with Crippen molar-refractivity contribution in [3.63, 3.8) is 0 Å². The van der Waals surface area contributed by atoms with Crippen LogP contribution in [-0.2, 0) is 14.3 Å². The van der Waals surface area contributed by atoms with Crippen molar-refractivity contribution in [2.75, 3.05) is 19.7 Å². The maximum atomic E-state index is 12.5. The summed E-state index contributed by atoms with van der Waals surface area (Å²) in [4.78, 5) is 25.6. The number of benzene rings is 1. The van der Waals surface area contributed by atoms with Gasteiger partial charge in [0.1, 0.15) is 11.9 Å². The largest absolute Gasteiger partial charge is 0.465 e. The third kappa shape index (κ3) is 5.76. The van der Waals surface area contributed by atoms with Crippen molar-refractivity contribution in [2.24, 2.45) is 5.92 Å². The fourth-order valence-corrected chi connectivity index (χ4v) is 2.24. The second kappa shape index (κ2) is 8.67. The van der Waals surface area contributed by atoms with E-state index in [4.69, 9.17) is 16.3 Å². The third-order valence-corrected chi connectivity index (χ3v) is 3.27. The van der Waals surface area contributed by atoms with Gasteiger partial charge in [-0.15, -0.1) is 11.6 Å². The van der Waals surface area contributed by atoms with E-state index in [2.05, 4.69) is 0 Å². The molecule has 4 nitrogen and oxygen atoms in total. The van der Waals surface area contributed by atoms with E-state index in [1.54, 1.807) is 19.1 Å². The molecule has 0 radical (unpaired) electrons. The van der Waals surface area contributed by atoms with E-state index in [1.165, 1.54) is 4.90 Å². The second-order valence-corrected chi connectivity index (χ2v) is 5.63. The molecule has 0 saturated carbocycles. The molecule has 1 amide bonds. The van der Waals surface area contributed by atoms with Crippen molar-refractivity contribution in [3.8, 4) is 0 Å². The predicted octanol–water partition coefficient (Wildman–Crippen LogP) is 3.01. The minimum absolute atomic E-state index is 0.0685. The van der Waals surface area contributed by atoms with Gasteiger partial charge in [0.2, 0.25) is 5.91 Å². The van der Waals surface area contributed by atoms with Gasteiger partial charge in [-0.2, -0.15) is 0 Å². The molecule has 0 bridgehead atoms. The van der Waals surface area contributed by atoms with Gasteiger partial charge in [-0.05, 0) is 18.4 Å². The van der Waals surface area contributed by atoms with Crippen molar-refractivity contribution >= 4 is 23.5 Å². The zero-order chi connectivity index (χ0) is 15.8. The van der Waals surface area contributed by atoms with Crippen LogP contribution in [0.25, 0.3) is 0 Å². The van der Waals surface area contributed by atoms with Crippen LogP contribution in [0.3, 0.4) is 0 Å². The van der Waals surface area contributed by atoms with Crippen LogP contribution in [0.15, 0.2) is 30.3 Å². The Bertz CT molecular complexity index is 462. The predicted molar refractivity (Wildman–Crippen MR) is 83.1 cm³/mol. The van der Waals surface area contributed by atoms with Crippen LogP contribution in [0.5, 0.6) is 0 Å². The van der Waals surface area contributed by atoms with Gasteiger partial charge in [-0.25, -0.2) is 0 Å². The lowest BCUT2D eigenvalue weighted by atomic mass is 10.1. The van der Waals surface area contributed by atoms with Crippen LogP contribution >= 0.6 is 11.6 Å². The lowest BCUT2D eigenvalue weighted by Gasteiger charge is -2.25. The van der Waals surface area contributed by atoms with Gasteiger partial charge in [-0.3, -0.25) is 9.59 Å². The number of amides is 1. The minimum atomic E-state index is -0.792. The highest BCUT2D eigenvalue weighted by Crippen LogP contribution is 2.23. The fraction of sp³-hybridized carbons (Fsp3) is 0.500. The van der Waals surface area contributed by atoms with Gasteiger partial charge in [0, 0.05) is 6.54 Å². The van der Waals surface area contributed by atoms with E-state index < -0.39 is 11.3 Å². The maximum Gasteiger partial charge on any atom is 0.325 e. The van der Waals surface area contributed by atoms with E-state index in [-0.39, 0.29) is 18.4 Å². The number of hydrogen-bond acceptors (Lipinski definition) is 3. The first-order valence-corrected chi connectivity index (χ1v) is 7.52. The molecule has 0 heterocycles. The Hall–Kier alpha value is -1.55. The Balaban J connectivity index is 2.81. The van der Waals surface area contributed by atoms with Crippen LogP contribution in [-0.4, -0.2) is 36.5 Å². The number of nitrogens with zero attached hydrogens (tertiary/aromatic N) is 1. The Kier molecular flexibility index (Phi) is 7.23. The molecular weight excluding hydrogens is 290 g/mol. The minimum Gasteiger partial charge on any atom is -0.465 e. The zero-order valence-corrected chi connectivity index (χ0v) is 13.5. The van der Waals surface area contributed by atoms with Crippen LogP contribution < -0.4 is 0 Å². The summed E-state index contributed by atoms with van der Waals surface area (Å²) in [7, 11) is 0. The molecule has 1 aromatic carbocycles. The van der Waals surface area contributed by atoms with E-state index in [0.29, 0.717) is 13.2 Å². The van der Waals surface area contributed by atoms with Gasteiger partial charge >= 0.3 is 5.97 Å². The number of carbonyl (C=O) groups excluding carboxylic acids is 2. The smallest absolute Gasteiger partial charge is 0.325 e. The highest BCUT2D eigenvalue weighted by atomic mass is 35.5. The Morgan fingerprint density at radius 3 is 2.38 bits per heavy atom. The molecule has 1 unspecified atom stereocenters. The molecule has 0 spiro atoms. The zero-order valence-electron chi connectivity index (χ0n) is 12.7. The summed E-state index contributed by atoms with van der Waals surface area (Å²) in [5, 5.41) is -0.792. The standard InChI is InChI=1S/C16H22ClNO3/c1-4-21-14(19)11-18(10-12(2)3)16(20)15(17)13-8-6-5-7-9-13/h5-9,12,15H,4,10-11H2,1-3H3. The topological polar surface area (TPSA) is 46.6 Å². The van der Waals surface area contributed by atoms with Gasteiger partial charge in [0.15, 0.2) is 0 Å². The lowest BCUT2D eigenvalue weighted by Crippen LogP contribution is -2.40. The quantitative estimate of drug-likeness (QED) is 0.574. The van der Waals surface area contributed by atoms with Gasteiger partial charge in [-0.1, -0.05) is 44.2 Å². The molecule has 116 valence electrons. The second-order valence-electron chi connectivity index (χ2n) is 5.19. The van der Waals surface area contributed by atoms with Crippen molar-refractivity contribution in [1.29, 1.82) is 0 Å². The van der Waals surface area contributed by atoms with E-state index in [1.807, 2.05) is 32.0 Å². The van der Waals surface area contributed by atoms with Crippen molar-refractivity contribution in [2.45, 2.75) is 26.1 Å². The average Bonchev–Trinajstić information content (AvgIpc) is 2.45. The molecule has 1 aromatic rings. The van der Waals surface area contributed by atoms with E-state index in [9.17, 15) is 9.59 Å². The molecule has 21 heavy (non-hydrogen) atoms. The summed E-state index contributed by atoms with van der Waals surface area (Å²) in [6.45, 7) is 6.40. The first kappa shape index (κ1) is 17.5. The highest BCUT2D eigenvalue weighted by molar-refractivity contribution is 6.30. The third-order valence-electron chi connectivity index (χ3n) is 2.83. The van der Waals surface area contributed by atoms with Crippen LogP contribution in [0, 0.1) is 5.92 Å². The van der Waals surface area contributed by atoms with Crippen molar-refractivity contribution < 1.29 is 14.3 Å². The summed E-state index contributed by atoms with van der Waals surface area (Å²) in [6.07, 6.45) is 0. The molecule has 0 aliphatic carbocycles. The number of esters is 1. The van der Waals surface area contributed by atoms with Crippen molar-refractivity contribution in [1.82, 2.24) is 4.90 Å². The number of carbonyl (C=O) groups is 2. The molecule has 0 aliphatic rings. The number of halogens is 1. The molecule has 5 heteroatoms. The monoisotopic (exact) mass is 311 g/mol. The molecule has 0 fully saturated rings. The van der Waals surface area contributed by atoms with Crippen molar-refractivity contribution in [3.05, 3.63) is 35.9 Å². The number of alkyl halides is 1. The molecule has 0 N–H and O–H groups in total. The number of rotatable bonds is 7. The summed E-state index contributed by atoms with van der Waals surface area (Å²) >= 11 is 6.25. The Morgan fingerprint density at radius 1 is 1.24 bits per heavy atom. The van der Waals surface area contributed by atoms with Crippen LogP contribution in [0.1, 0.15) is 31.7 Å². The average molecular weight is 312 g/mol. The molecule has 0 aliphatic heterocycles. The van der Waals surface area contributed by atoms with Crippen LogP contribution in [0.2, 0.25) is 0 Å². The van der Waals surface area contributed by atoms with E-state index in [0.717, 1.165) is 5.56 Å². The molecular formula is C16H22ClNO3. The van der Waals surface area contributed by atoms with Crippen LogP contribution in [0.4, 0.5) is 0 Å². The first-order chi connectivity index (χ1) is 9.95. The summed E-state index contributed by atoms with van der Waals surface area (Å²) in [5.41, 5.74) is 0.724. The Labute approximate surface area is 131 Å². The van der Waals surface area contributed by atoms with Gasteiger partial charge in [0.25, 0.3) is 0 Å². The van der Waals surface area contributed by atoms with E-state index >= 15 is 0 Å². The number of hydrogen-bond donors (Lipinski definition) is 0. The summed E-state index contributed by atoms with van der Waals surface area (Å²) < 4.78 is 4.91. The summed E-state index contributed by atoms with van der Waals surface area (Å²) in [6, 6.07) is 9.12. The molecule has 1 rings (SSSR count). The normalized spacial score (nSPS) is 12.0. The highest BCUT2D eigenvalue weighted by Gasteiger charge is 2.26. The Morgan fingerprint density at radius 2 is 1.86 bits per heavy atom. The maximum absolute atomic E-state index is 12.5. The van der Waals surface area contributed by atoms with Gasteiger partial charge in [0.05, 0.1) is 6.61 Å². The fourth-order valence-electron chi connectivity index (χ4n) is 1.96. The lowest BCUT2D eigenvalue weighted by molar-refractivity contribution is -0.149. The molecule has 0 saturated heterocycles. The number of ether oxygens (including phenoxy) is 1. The summed E-state index contributed by atoms with van der Waals surface area (Å²) in [5.74, 6) is -0.448. The van der Waals surface area contributed by atoms with Gasteiger partial charge < -0.3 is 9.64 Å². The first-order valence-electron chi connectivity index (χ1n) is 7.09. The SMILES string of the molecule is CCOC(=O)CN(CC(C)C)C(=O)C(Cl)c1ccccc1. The molecule has 0 aromatic heterocycles. The molecule has 1 atom stereocenters.